The van der Waals surface area contributed by atoms with Crippen molar-refractivity contribution in [3.05, 3.63) is 23.5 Å². The molecule has 0 bridgehead atoms. The average Bonchev–Trinajstić information content (AvgIpc) is 2.80. The number of hydrogen-bond acceptors (Lipinski definition) is 5. The zero-order valence-electron chi connectivity index (χ0n) is 21.8. The normalized spacial score (nSPS) is 22.0. The van der Waals surface area contributed by atoms with Crippen LogP contribution in [0, 0.1) is 0 Å². The zero-order chi connectivity index (χ0) is 24.8. The van der Waals surface area contributed by atoms with Gasteiger partial charge in [0.1, 0.15) is 0 Å². The first-order valence-corrected chi connectivity index (χ1v) is 13.8. The molecule has 5 heteroatoms. The summed E-state index contributed by atoms with van der Waals surface area (Å²) in [7, 11) is 0. The van der Waals surface area contributed by atoms with E-state index in [0.29, 0.717) is 17.6 Å². The van der Waals surface area contributed by atoms with E-state index >= 15 is 0 Å². The highest BCUT2D eigenvalue weighted by Gasteiger charge is 2.49. The molecular weight excluding hydrogens is 428 g/mol. The van der Waals surface area contributed by atoms with E-state index in [4.69, 9.17) is 9.47 Å². The second-order valence-corrected chi connectivity index (χ2v) is 10.3. The number of fused-ring (bicyclic) bond motifs is 1. The van der Waals surface area contributed by atoms with Gasteiger partial charge in [-0.25, -0.2) is 0 Å². The van der Waals surface area contributed by atoms with Crippen LogP contribution in [0.15, 0.2) is 23.5 Å². The molecule has 0 N–H and O–H groups in total. The minimum Gasteiger partial charge on any atom is -0.497 e. The molecule has 0 aromatic carbocycles. The summed E-state index contributed by atoms with van der Waals surface area (Å²) in [6.45, 7) is 5.54. The number of hydrogen-bond donors (Lipinski definition) is 0. The quantitative estimate of drug-likeness (QED) is 0.125. The highest BCUT2D eigenvalue weighted by atomic mass is 16.6. The van der Waals surface area contributed by atoms with Crippen molar-refractivity contribution in [3.63, 3.8) is 0 Å². The van der Waals surface area contributed by atoms with Crippen LogP contribution in [0.1, 0.15) is 130 Å². The van der Waals surface area contributed by atoms with Gasteiger partial charge in [-0.2, -0.15) is 0 Å². The second kappa shape index (κ2) is 15.2. The lowest BCUT2D eigenvalue weighted by molar-refractivity contribution is -0.169. The number of esters is 1. The van der Waals surface area contributed by atoms with Gasteiger partial charge in [0.15, 0.2) is 0 Å². The van der Waals surface area contributed by atoms with Gasteiger partial charge < -0.3 is 9.47 Å². The molecule has 2 atom stereocenters. The summed E-state index contributed by atoms with van der Waals surface area (Å²) >= 11 is 0. The van der Waals surface area contributed by atoms with E-state index in [1.54, 1.807) is 0 Å². The molecule has 2 aliphatic rings. The van der Waals surface area contributed by atoms with Crippen molar-refractivity contribution >= 4 is 17.5 Å². The summed E-state index contributed by atoms with van der Waals surface area (Å²) in [6.07, 6.45) is 22.4. The molecule has 0 saturated carbocycles. The molecule has 5 nitrogen and oxygen atoms in total. The lowest BCUT2D eigenvalue weighted by Crippen LogP contribution is -2.51. The summed E-state index contributed by atoms with van der Waals surface area (Å²) < 4.78 is 10.9. The number of rotatable bonds is 17. The zero-order valence-corrected chi connectivity index (χ0v) is 21.8. The fourth-order valence-corrected chi connectivity index (χ4v) is 4.74. The van der Waals surface area contributed by atoms with E-state index in [1.165, 1.54) is 96.3 Å². The largest absolute Gasteiger partial charge is 0.497 e. The molecule has 0 aromatic heterocycles. The monoisotopic (exact) mass is 474 g/mol. The van der Waals surface area contributed by atoms with Crippen LogP contribution in [0.3, 0.4) is 0 Å². The maximum absolute atomic E-state index is 12.9. The summed E-state index contributed by atoms with van der Waals surface area (Å²) in [5, 5.41) is 0. The molecule has 0 saturated heterocycles. The van der Waals surface area contributed by atoms with Crippen molar-refractivity contribution in [2.24, 2.45) is 0 Å². The Morgan fingerprint density at radius 3 is 1.94 bits per heavy atom. The first kappa shape index (κ1) is 28.3. The third-order valence-electron chi connectivity index (χ3n) is 7.03. The predicted octanol–water partition coefficient (Wildman–Crippen LogP) is 7.32. The summed E-state index contributed by atoms with van der Waals surface area (Å²) in [5.74, 6) is -1.42. The fourth-order valence-electron chi connectivity index (χ4n) is 4.74. The van der Waals surface area contributed by atoms with Gasteiger partial charge in [-0.05, 0) is 31.9 Å². The molecule has 0 fully saturated rings. The minimum absolute atomic E-state index is 0.0763. The van der Waals surface area contributed by atoms with Crippen LogP contribution in [0.4, 0.5) is 0 Å². The van der Waals surface area contributed by atoms with Crippen LogP contribution in [0.2, 0.25) is 0 Å². The Balaban J connectivity index is 1.52. The van der Waals surface area contributed by atoms with Crippen LogP contribution >= 0.6 is 0 Å². The molecule has 1 aliphatic carbocycles. The standard InChI is InChI=1S/C29H46O5/c1-4-5-6-7-8-9-10-11-12-13-14-15-16-17-18-19-27(31)34-29(3)26(30)21-24-20-23(2)33-22-25(24)28(29)32/h21-23H,4-20H2,1-3H3/t23-,29-/m1/s1. The molecule has 1 aliphatic heterocycles. The maximum atomic E-state index is 12.9. The van der Waals surface area contributed by atoms with Gasteiger partial charge in [0.2, 0.25) is 17.2 Å². The Labute approximate surface area is 206 Å². The Kier molecular flexibility index (Phi) is 12.6. The van der Waals surface area contributed by atoms with Crippen molar-refractivity contribution < 1.29 is 23.9 Å². The number of carbonyl (C=O) groups excluding carboxylic acids is 3. The maximum Gasteiger partial charge on any atom is 0.307 e. The van der Waals surface area contributed by atoms with Gasteiger partial charge in [0.05, 0.1) is 17.9 Å². The number of unbranched alkanes of at least 4 members (excludes halogenated alkanes) is 14. The number of ketones is 2. The molecule has 0 unspecified atom stereocenters. The molecule has 0 amide bonds. The van der Waals surface area contributed by atoms with Gasteiger partial charge in [-0.3, -0.25) is 14.4 Å². The van der Waals surface area contributed by atoms with Crippen LogP contribution in [-0.2, 0) is 23.9 Å². The Bertz CT molecular complexity index is 735. The molecule has 1 heterocycles. The number of Topliss-reactive ketones (excluding diaryl/α,β-unsaturated/α-hetero) is 1. The lowest BCUT2D eigenvalue weighted by atomic mass is 9.79. The lowest BCUT2D eigenvalue weighted by Gasteiger charge is -2.33. The van der Waals surface area contributed by atoms with E-state index < -0.39 is 23.1 Å². The van der Waals surface area contributed by atoms with Gasteiger partial charge >= 0.3 is 5.97 Å². The van der Waals surface area contributed by atoms with Crippen LogP contribution < -0.4 is 0 Å². The molecule has 0 radical (unpaired) electrons. The van der Waals surface area contributed by atoms with Gasteiger partial charge in [-0.15, -0.1) is 0 Å². The minimum atomic E-state index is -1.77. The van der Waals surface area contributed by atoms with Crippen LogP contribution in [0.5, 0.6) is 0 Å². The molecule has 0 spiro atoms. The van der Waals surface area contributed by atoms with Gasteiger partial charge in [0.25, 0.3) is 0 Å². The number of carbonyl (C=O) groups is 3. The van der Waals surface area contributed by atoms with E-state index in [0.717, 1.165) is 19.3 Å². The van der Waals surface area contributed by atoms with Gasteiger partial charge in [0, 0.05) is 12.8 Å². The van der Waals surface area contributed by atoms with Crippen molar-refractivity contribution in [1.29, 1.82) is 0 Å². The SMILES string of the molecule is CCCCCCCCCCCCCCCCCC(=O)O[C@]1(C)C(=O)C=C2C[C@@H](C)OC=C2C1=O. The van der Waals surface area contributed by atoms with Crippen molar-refractivity contribution in [2.75, 3.05) is 0 Å². The highest BCUT2D eigenvalue weighted by Crippen LogP contribution is 2.34. The Morgan fingerprint density at radius 1 is 0.912 bits per heavy atom. The first-order valence-electron chi connectivity index (χ1n) is 13.8. The van der Waals surface area contributed by atoms with Crippen LogP contribution in [-0.4, -0.2) is 29.2 Å². The molecule has 0 aromatic rings. The topological polar surface area (TPSA) is 69.7 Å². The second-order valence-electron chi connectivity index (χ2n) is 10.3. The average molecular weight is 475 g/mol. The molecule has 34 heavy (non-hydrogen) atoms. The summed E-state index contributed by atoms with van der Waals surface area (Å²) in [6, 6.07) is 0. The van der Waals surface area contributed by atoms with E-state index in [1.807, 2.05) is 6.92 Å². The Morgan fingerprint density at radius 2 is 1.41 bits per heavy atom. The molecule has 2 rings (SSSR count). The first-order chi connectivity index (χ1) is 16.4. The highest BCUT2D eigenvalue weighted by molar-refractivity contribution is 6.26. The van der Waals surface area contributed by atoms with E-state index in [2.05, 4.69) is 6.92 Å². The smallest absolute Gasteiger partial charge is 0.307 e. The van der Waals surface area contributed by atoms with Gasteiger partial charge in [-0.1, -0.05) is 96.8 Å². The van der Waals surface area contributed by atoms with Crippen molar-refractivity contribution in [3.8, 4) is 0 Å². The van der Waals surface area contributed by atoms with Crippen molar-refractivity contribution in [1.82, 2.24) is 0 Å². The molecular formula is C29H46O5. The van der Waals surface area contributed by atoms with Crippen LogP contribution in [0.25, 0.3) is 0 Å². The Hall–Kier alpha value is -1.91. The molecule has 192 valence electrons. The van der Waals surface area contributed by atoms with E-state index in [-0.39, 0.29) is 12.5 Å². The summed E-state index contributed by atoms with van der Waals surface area (Å²) in [5.41, 5.74) is -0.754. The third kappa shape index (κ3) is 9.03. The third-order valence-corrected chi connectivity index (χ3v) is 7.03. The number of ether oxygens (including phenoxy) is 2. The summed E-state index contributed by atoms with van der Waals surface area (Å²) in [4.78, 5) is 37.8. The van der Waals surface area contributed by atoms with E-state index in [9.17, 15) is 14.4 Å². The fraction of sp³-hybridized carbons (Fsp3) is 0.759. The predicted molar refractivity (Wildman–Crippen MR) is 135 cm³/mol. The van der Waals surface area contributed by atoms with Crippen molar-refractivity contribution in [2.45, 2.75) is 142 Å².